The van der Waals surface area contributed by atoms with Gasteiger partial charge in [-0.15, -0.1) is 0 Å². The Kier molecular flexibility index (Phi) is 9.02. The van der Waals surface area contributed by atoms with Gasteiger partial charge in [0.05, 0.1) is 7.11 Å². The minimum atomic E-state index is -0.210. The molecule has 0 saturated heterocycles. The fourth-order valence-corrected chi connectivity index (χ4v) is 2.14. The number of rotatable bonds is 9. The first kappa shape index (κ1) is 18.4. The summed E-state index contributed by atoms with van der Waals surface area (Å²) in [7, 11) is 1.45. The van der Waals surface area contributed by atoms with Gasteiger partial charge in [-0.1, -0.05) is 27.7 Å². The van der Waals surface area contributed by atoms with Gasteiger partial charge in [-0.05, 0) is 26.2 Å². The van der Waals surface area contributed by atoms with Crippen molar-refractivity contribution in [2.45, 2.75) is 66.1 Å². The van der Waals surface area contributed by atoms with Crippen LogP contribution in [-0.4, -0.2) is 49.2 Å². The molecule has 0 aliphatic rings. The van der Waals surface area contributed by atoms with Crippen LogP contribution in [0.2, 0.25) is 0 Å². The quantitative estimate of drug-likeness (QED) is 0.654. The van der Waals surface area contributed by atoms with E-state index in [1.54, 1.807) is 0 Å². The van der Waals surface area contributed by atoms with Crippen molar-refractivity contribution in [1.29, 1.82) is 0 Å². The number of nitrogens with zero attached hydrogens (tertiary/aromatic N) is 1. The maximum atomic E-state index is 11.7. The Labute approximate surface area is 118 Å². The molecule has 0 heterocycles. The predicted molar refractivity (Wildman–Crippen MR) is 80.2 cm³/mol. The summed E-state index contributed by atoms with van der Waals surface area (Å²) < 4.78 is 4.87. The Balaban J connectivity index is 4.44. The Morgan fingerprint density at radius 2 is 1.74 bits per heavy atom. The zero-order valence-corrected chi connectivity index (χ0v) is 13.7. The van der Waals surface area contributed by atoms with Gasteiger partial charge in [0.15, 0.2) is 0 Å². The molecule has 0 aromatic carbocycles. The van der Waals surface area contributed by atoms with Crippen molar-refractivity contribution >= 4 is 5.97 Å². The van der Waals surface area contributed by atoms with Crippen LogP contribution in [0.3, 0.4) is 0 Å². The van der Waals surface area contributed by atoms with E-state index in [4.69, 9.17) is 4.74 Å². The van der Waals surface area contributed by atoms with E-state index in [2.05, 4.69) is 37.9 Å². The second-order valence-electron chi connectivity index (χ2n) is 6.17. The predicted octanol–water partition coefficient (Wildman–Crippen LogP) is 2.28. The van der Waals surface area contributed by atoms with Crippen LogP contribution in [0.15, 0.2) is 0 Å². The summed E-state index contributed by atoms with van der Waals surface area (Å²) in [5.74, 6) is 0.471. The summed E-state index contributed by atoms with van der Waals surface area (Å²) in [5.41, 5.74) is 0. The minimum absolute atomic E-state index is 0.165. The second-order valence-corrected chi connectivity index (χ2v) is 6.17. The van der Waals surface area contributed by atoms with E-state index in [0.29, 0.717) is 12.0 Å². The van der Waals surface area contributed by atoms with Crippen molar-refractivity contribution < 1.29 is 9.53 Å². The fourth-order valence-electron chi connectivity index (χ4n) is 2.14. The van der Waals surface area contributed by atoms with Gasteiger partial charge in [-0.3, -0.25) is 4.79 Å². The van der Waals surface area contributed by atoms with Crippen molar-refractivity contribution in [3.05, 3.63) is 0 Å². The zero-order valence-electron chi connectivity index (χ0n) is 13.7. The van der Waals surface area contributed by atoms with Gasteiger partial charge in [0.2, 0.25) is 0 Å². The van der Waals surface area contributed by atoms with Crippen LogP contribution < -0.4 is 5.32 Å². The highest BCUT2D eigenvalue weighted by atomic mass is 16.5. The highest BCUT2D eigenvalue weighted by Crippen LogP contribution is 2.07. The van der Waals surface area contributed by atoms with Crippen molar-refractivity contribution in [3.63, 3.8) is 0 Å². The summed E-state index contributed by atoms with van der Waals surface area (Å²) in [6.07, 6.45) is 0.787. The Bertz CT molecular complexity index is 253. The summed E-state index contributed by atoms with van der Waals surface area (Å²) in [4.78, 5) is 14.2. The summed E-state index contributed by atoms with van der Waals surface area (Å²) in [5, 5.41) is 3.28. The van der Waals surface area contributed by atoms with Crippen LogP contribution in [0.5, 0.6) is 0 Å². The third-order valence-corrected chi connectivity index (χ3v) is 3.06. The lowest BCUT2D eigenvalue weighted by molar-refractivity contribution is -0.143. The molecule has 0 fully saturated rings. The zero-order chi connectivity index (χ0) is 15.0. The Morgan fingerprint density at radius 1 is 1.16 bits per heavy atom. The van der Waals surface area contributed by atoms with E-state index in [-0.39, 0.29) is 18.1 Å². The van der Waals surface area contributed by atoms with Crippen LogP contribution >= 0.6 is 0 Å². The maximum Gasteiger partial charge on any atom is 0.322 e. The molecule has 0 aromatic heterocycles. The van der Waals surface area contributed by atoms with Gasteiger partial charge >= 0.3 is 5.97 Å². The molecule has 0 aliphatic carbocycles. The lowest BCUT2D eigenvalue weighted by Gasteiger charge is -2.30. The number of carbonyl (C=O) groups excluding carboxylic acids is 1. The lowest BCUT2D eigenvalue weighted by Crippen LogP contribution is -2.45. The van der Waals surface area contributed by atoms with Gasteiger partial charge in [0, 0.05) is 25.2 Å². The fraction of sp³-hybridized carbons (Fsp3) is 0.933. The molecular formula is C15H32N2O2. The van der Waals surface area contributed by atoms with Gasteiger partial charge in [-0.2, -0.15) is 0 Å². The number of carbonyl (C=O) groups is 1. The van der Waals surface area contributed by atoms with E-state index in [9.17, 15) is 4.79 Å². The van der Waals surface area contributed by atoms with E-state index < -0.39 is 0 Å². The monoisotopic (exact) mass is 272 g/mol. The minimum Gasteiger partial charge on any atom is -0.468 e. The van der Waals surface area contributed by atoms with Gasteiger partial charge in [0.1, 0.15) is 6.04 Å². The van der Waals surface area contributed by atoms with E-state index >= 15 is 0 Å². The largest absolute Gasteiger partial charge is 0.468 e. The first-order chi connectivity index (χ1) is 8.77. The number of esters is 1. The SMILES string of the molecule is COC(=O)C(CCN(CC(C)C)C(C)C)NC(C)C. The summed E-state index contributed by atoms with van der Waals surface area (Å²) in [6.45, 7) is 14.9. The van der Waals surface area contributed by atoms with Crippen molar-refractivity contribution in [3.8, 4) is 0 Å². The molecule has 0 rings (SSSR count). The lowest BCUT2D eigenvalue weighted by atomic mass is 10.1. The normalized spacial score (nSPS) is 13.6. The Hall–Kier alpha value is -0.610. The number of methoxy groups -OCH3 is 1. The molecule has 0 aliphatic heterocycles. The first-order valence-electron chi connectivity index (χ1n) is 7.35. The third kappa shape index (κ3) is 8.22. The average molecular weight is 272 g/mol. The third-order valence-electron chi connectivity index (χ3n) is 3.06. The van der Waals surface area contributed by atoms with Gasteiger partial charge in [-0.25, -0.2) is 0 Å². The molecule has 4 heteroatoms. The molecule has 0 bridgehead atoms. The van der Waals surface area contributed by atoms with Crippen molar-refractivity contribution in [2.24, 2.45) is 5.92 Å². The smallest absolute Gasteiger partial charge is 0.322 e. The summed E-state index contributed by atoms with van der Waals surface area (Å²) >= 11 is 0. The van der Waals surface area contributed by atoms with Crippen LogP contribution in [0.1, 0.15) is 48.0 Å². The number of ether oxygens (including phenoxy) is 1. The molecule has 0 amide bonds. The molecule has 0 spiro atoms. The molecule has 114 valence electrons. The van der Waals surface area contributed by atoms with E-state index in [1.165, 1.54) is 7.11 Å². The molecule has 1 unspecified atom stereocenters. The standard InChI is InChI=1S/C15H32N2O2/c1-11(2)10-17(13(5)6)9-8-14(15(18)19-7)16-12(3)4/h11-14,16H,8-10H2,1-7H3. The van der Waals surface area contributed by atoms with E-state index in [0.717, 1.165) is 19.5 Å². The molecule has 1 N–H and O–H groups in total. The molecule has 4 nitrogen and oxygen atoms in total. The molecular weight excluding hydrogens is 240 g/mol. The number of hydrogen-bond acceptors (Lipinski definition) is 4. The molecule has 19 heavy (non-hydrogen) atoms. The second kappa shape index (κ2) is 9.32. The Morgan fingerprint density at radius 3 is 2.11 bits per heavy atom. The van der Waals surface area contributed by atoms with Crippen LogP contribution in [0.25, 0.3) is 0 Å². The number of hydrogen-bond donors (Lipinski definition) is 1. The highest BCUT2D eigenvalue weighted by molar-refractivity contribution is 5.75. The molecule has 0 aromatic rings. The van der Waals surface area contributed by atoms with Gasteiger partial charge in [0.25, 0.3) is 0 Å². The molecule has 0 radical (unpaired) electrons. The maximum absolute atomic E-state index is 11.7. The van der Waals surface area contributed by atoms with Crippen molar-refractivity contribution in [2.75, 3.05) is 20.2 Å². The molecule has 1 atom stereocenters. The van der Waals surface area contributed by atoms with E-state index in [1.807, 2.05) is 13.8 Å². The topological polar surface area (TPSA) is 41.6 Å². The summed E-state index contributed by atoms with van der Waals surface area (Å²) in [6, 6.07) is 0.569. The highest BCUT2D eigenvalue weighted by Gasteiger charge is 2.21. The average Bonchev–Trinajstić information content (AvgIpc) is 2.30. The molecule has 0 saturated carbocycles. The van der Waals surface area contributed by atoms with Gasteiger partial charge < -0.3 is 15.0 Å². The van der Waals surface area contributed by atoms with Crippen LogP contribution in [0, 0.1) is 5.92 Å². The van der Waals surface area contributed by atoms with Crippen LogP contribution in [0.4, 0.5) is 0 Å². The number of nitrogens with one attached hydrogen (secondary N) is 1. The van der Waals surface area contributed by atoms with Crippen molar-refractivity contribution in [1.82, 2.24) is 10.2 Å². The van der Waals surface area contributed by atoms with Crippen LogP contribution in [-0.2, 0) is 9.53 Å². The first-order valence-corrected chi connectivity index (χ1v) is 7.35.